The third-order valence-corrected chi connectivity index (χ3v) is 5.97. The Hall–Kier alpha value is -3.36. The van der Waals surface area contributed by atoms with Crippen molar-refractivity contribution in [3.63, 3.8) is 0 Å². The second kappa shape index (κ2) is 7.81. The fourth-order valence-electron chi connectivity index (χ4n) is 4.37. The maximum absolute atomic E-state index is 12.7. The molecular formula is C21H25N5O4. The molecule has 1 saturated heterocycles. The van der Waals surface area contributed by atoms with Crippen LogP contribution in [-0.2, 0) is 16.6 Å². The number of amides is 5. The molecule has 158 valence electrons. The zero-order valence-corrected chi connectivity index (χ0v) is 16.9. The lowest BCUT2D eigenvalue weighted by Gasteiger charge is -2.30. The van der Waals surface area contributed by atoms with Crippen LogP contribution in [-0.4, -0.2) is 45.3 Å². The standard InChI is InChI=1S/C21H25N5O4/c1-25-13-15(14-7-3-4-8-16(14)25)18(28)24-23-17(27)9-12-26-19(29)21(22-20(26)30)10-5-2-6-11-21/h3-4,7-8,13H,2,5-6,9-12H2,1H3,(H,22,30)(H,23,27)(H,24,28). The first-order valence-electron chi connectivity index (χ1n) is 10.2. The minimum atomic E-state index is -0.797. The zero-order chi connectivity index (χ0) is 21.3. The van der Waals surface area contributed by atoms with Gasteiger partial charge in [0.25, 0.3) is 11.8 Å². The minimum absolute atomic E-state index is 0.0254. The first-order chi connectivity index (χ1) is 14.4. The van der Waals surface area contributed by atoms with E-state index < -0.39 is 23.4 Å². The van der Waals surface area contributed by atoms with E-state index in [0.29, 0.717) is 18.4 Å². The fourth-order valence-corrected chi connectivity index (χ4v) is 4.37. The van der Waals surface area contributed by atoms with Crippen LogP contribution in [0.4, 0.5) is 4.79 Å². The van der Waals surface area contributed by atoms with Crippen molar-refractivity contribution in [3.8, 4) is 0 Å². The third-order valence-electron chi connectivity index (χ3n) is 5.97. The van der Waals surface area contributed by atoms with Gasteiger partial charge in [0.05, 0.1) is 5.56 Å². The summed E-state index contributed by atoms with van der Waals surface area (Å²) in [5.41, 5.74) is 5.32. The van der Waals surface area contributed by atoms with Gasteiger partial charge < -0.3 is 9.88 Å². The Morgan fingerprint density at radius 1 is 1.10 bits per heavy atom. The molecular weight excluding hydrogens is 386 g/mol. The van der Waals surface area contributed by atoms with Gasteiger partial charge in [-0.05, 0) is 18.9 Å². The Labute approximate surface area is 173 Å². The van der Waals surface area contributed by atoms with Gasteiger partial charge in [-0.25, -0.2) is 4.79 Å². The van der Waals surface area contributed by atoms with E-state index in [1.54, 1.807) is 6.20 Å². The second-order valence-corrected chi connectivity index (χ2v) is 7.95. The van der Waals surface area contributed by atoms with Crippen molar-refractivity contribution in [2.24, 2.45) is 7.05 Å². The number of para-hydroxylation sites is 1. The second-order valence-electron chi connectivity index (χ2n) is 7.95. The summed E-state index contributed by atoms with van der Waals surface area (Å²) in [6, 6.07) is 7.02. The Morgan fingerprint density at radius 3 is 2.60 bits per heavy atom. The van der Waals surface area contributed by atoms with Crippen molar-refractivity contribution >= 4 is 34.7 Å². The Bertz CT molecular complexity index is 1020. The monoisotopic (exact) mass is 411 g/mol. The number of nitrogens with one attached hydrogen (secondary N) is 3. The van der Waals surface area contributed by atoms with Crippen LogP contribution in [0, 0.1) is 0 Å². The number of rotatable bonds is 4. The minimum Gasteiger partial charge on any atom is -0.350 e. The van der Waals surface area contributed by atoms with Crippen LogP contribution >= 0.6 is 0 Å². The van der Waals surface area contributed by atoms with Gasteiger partial charge in [0.15, 0.2) is 0 Å². The lowest BCUT2D eigenvalue weighted by Crippen LogP contribution is -2.48. The number of urea groups is 1. The van der Waals surface area contributed by atoms with Crippen molar-refractivity contribution in [2.45, 2.75) is 44.1 Å². The summed E-state index contributed by atoms with van der Waals surface area (Å²) in [4.78, 5) is 50.7. The summed E-state index contributed by atoms with van der Waals surface area (Å²) in [5, 5.41) is 3.60. The number of carbonyl (C=O) groups is 4. The molecule has 2 aromatic rings. The highest BCUT2D eigenvalue weighted by Crippen LogP contribution is 2.33. The van der Waals surface area contributed by atoms with Crippen molar-refractivity contribution in [3.05, 3.63) is 36.0 Å². The molecule has 1 saturated carbocycles. The van der Waals surface area contributed by atoms with E-state index in [4.69, 9.17) is 0 Å². The van der Waals surface area contributed by atoms with Crippen molar-refractivity contribution in [2.75, 3.05) is 6.54 Å². The van der Waals surface area contributed by atoms with Gasteiger partial charge in [0, 0.05) is 37.1 Å². The van der Waals surface area contributed by atoms with E-state index in [9.17, 15) is 19.2 Å². The SMILES string of the molecule is Cn1cc(C(=O)NNC(=O)CCN2C(=O)NC3(CCCCC3)C2=O)c2ccccc21. The lowest BCUT2D eigenvalue weighted by atomic mass is 9.82. The van der Waals surface area contributed by atoms with Crippen LogP contribution in [0.5, 0.6) is 0 Å². The quantitative estimate of drug-likeness (QED) is 0.524. The highest BCUT2D eigenvalue weighted by Gasteiger charge is 2.51. The molecule has 1 aliphatic carbocycles. The molecule has 0 unspecified atom stereocenters. The molecule has 2 fully saturated rings. The Balaban J connectivity index is 1.31. The summed E-state index contributed by atoms with van der Waals surface area (Å²) in [7, 11) is 1.84. The van der Waals surface area contributed by atoms with E-state index in [0.717, 1.165) is 35.1 Å². The van der Waals surface area contributed by atoms with Gasteiger partial charge in [0.2, 0.25) is 5.91 Å². The number of imide groups is 1. The summed E-state index contributed by atoms with van der Waals surface area (Å²) >= 11 is 0. The summed E-state index contributed by atoms with van der Waals surface area (Å²) in [6.45, 7) is -0.0254. The molecule has 1 spiro atoms. The van der Waals surface area contributed by atoms with E-state index in [1.165, 1.54) is 0 Å². The number of hydrazine groups is 1. The van der Waals surface area contributed by atoms with Crippen LogP contribution in [0.2, 0.25) is 0 Å². The predicted octanol–water partition coefficient (Wildman–Crippen LogP) is 1.58. The van der Waals surface area contributed by atoms with Crippen LogP contribution in [0.3, 0.4) is 0 Å². The maximum Gasteiger partial charge on any atom is 0.325 e. The number of aromatic nitrogens is 1. The molecule has 2 heterocycles. The molecule has 9 nitrogen and oxygen atoms in total. The number of hydrogen-bond donors (Lipinski definition) is 3. The molecule has 9 heteroatoms. The predicted molar refractivity (Wildman–Crippen MR) is 109 cm³/mol. The van der Waals surface area contributed by atoms with Crippen LogP contribution in [0.15, 0.2) is 30.5 Å². The number of benzene rings is 1. The van der Waals surface area contributed by atoms with Gasteiger partial charge in [-0.3, -0.25) is 30.1 Å². The number of hydrogen-bond acceptors (Lipinski definition) is 4. The summed E-state index contributed by atoms with van der Waals surface area (Å²) < 4.78 is 1.84. The van der Waals surface area contributed by atoms with E-state index in [2.05, 4.69) is 16.2 Å². The number of aryl methyl sites for hydroxylation is 1. The molecule has 5 amide bonds. The largest absolute Gasteiger partial charge is 0.350 e. The molecule has 30 heavy (non-hydrogen) atoms. The van der Waals surface area contributed by atoms with Crippen LogP contribution in [0.1, 0.15) is 48.9 Å². The molecule has 3 N–H and O–H groups in total. The first kappa shape index (κ1) is 19.9. The molecule has 0 radical (unpaired) electrons. The Kier molecular flexibility index (Phi) is 5.19. The van der Waals surface area contributed by atoms with E-state index in [1.807, 2.05) is 35.9 Å². The lowest BCUT2D eigenvalue weighted by molar-refractivity contribution is -0.132. The number of carbonyl (C=O) groups excluding carboxylic acids is 4. The highest BCUT2D eigenvalue weighted by molar-refractivity contribution is 6.08. The first-order valence-corrected chi connectivity index (χ1v) is 10.2. The summed E-state index contributed by atoms with van der Waals surface area (Å²) in [6.07, 6.45) is 5.75. The fraction of sp³-hybridized carbons (Fsp3) is 0.429. The zero-order valence-electron chi connectivity index (χ0n) is 16.9. The maximum atomic E-state index is 12.7. The molecule has 0 bridgehead atoms. The molecule has 1 aliphatic heterocycles. The van der Waals surface area contributed by atoms with Crippen LogP contribution in [0.25, 0.3) is 10.9 Å². The summed E-state index contributed by atoms with van der Waals surface area (Å²) in [5.74, 6) is -1.16. The normalized spacial score (nSPS) is 18.0. The number of fused-ring (bicyclic) bond motifs is 1. The van der Waals surface area contributed by atoms with Gasteiger partial charge in [0.1, 0.15) is 5.54 Å². The van der Waals surface area contributed by atoms with E-state index in [-0.39, 0.29) is 18.9 Å². The van der Waals surface area contributed by atoms with Crippen LogP contribution < -0.4 is 16.2 Å². The van der Waals surface area contributed by atoms with Gasteiger partial charge in [-0.15, -0.1) is 0 Å². The van der Waals surface area contributed by atoms with Crippen molar-refractivity contribution < 1.29 is 19.2 Å². The smallest absolute Gasteiger partial charge is 0.325 e. The van der Waals surface area contributed by atoms with Crippen molar-refractivity contribution in [1.82, 2.24) is 25.6 Å². The molecule has 1 aromatic heterocycles. The molecule has 2 aliphatic rings. The Morgan fingerprint density at radius 2 is 1.83 bits per heavy atom. The third kappa shape index (κ3) is 3.51. The topological polar surface area (TPSA) is 113 Å². The van der Waals surface area contributed by atoms with E-state index >= 15 is 0 Å². The average molecular weight is 411 g/mol. The van der Waals surface area contributed by atoms with Gasteiger partial charge in [-0.1, -0.05) is 37.5 Å². The average Bonchev–Trinajstić information content (AvgIpc) is 3.20. The number of nitrogens with zero attached hydrogens (tertiary/aromatic N) is 2. The molecule has 4 rings (SSSR count). The van der Waals surface area contributed by atoms with Crippen molar-refractivity contribution in [1.29, 1.82) is 0 Å². The molecule has 0 atom stereocenters. The van der Waals surface area contributed by atoms with Gasteiger partial charge in [-0.2, -0.15) is 0 Å². The van der Waals surface area contributed by atoms with Gasteiger partial charge >= 0.3 is 6.03 Å². The highest BCUT2D eigenvalue weighted by atomic mass is 16.2. The molecule has 1 aromatic carbocycles.